The van der Waals surface area contributed by atoms with Crippen molar-refractivity contribution in [2.24, 2.45) is 12.8 Å². The molecule has 0 aliphatic heterocycles. The maximum absolute atomic E-state index is 13.3. The maximum Gasteiger partial charge on any atom is 0.266 e. The van der Waals surface area contributed by atoms with Crippen molar-refractivity contribution >= 4 is 17.0 Å². The second kappa shape index (κ2) is 7.39. The first-order chi connectivity index (χ1) is 15.0. The predicted octanol–water partition coefficient (Wildman–Crippen LogP) is 4.63. The molecule has 31 heavy (non-hydrogen) atoms. The molecule has 1 saturated carbocycles. The van der Waals surface area contributed by atoms with Gasteiger partial charge in [0.2, 0.25) is 11.7 Å². The summed E-state index contributed by atoms with van der Waals surface area (Å²) in [6, 6.07) is 18.1. The molecule has 1 aliphatic rings. The minimum atomic E-state index is -0.215. The number of fused-ring (bicyclic) bond motifs is 1. The van der Waals surface area contributed by atoms with E-state index in [2.05, 4.69) is 22.4 Å². The highest BCUT2D eigenvalue weighted by Gasteiger charge is 2.34. The monoisotopic (exact) mass is 414 g/mol. The van der Waals surface area contributed by atoms with Crippen LogP contribution in [0.4, 0.5) is 5.95 Å². The number of aromatic nitrogens is 2. The number of rotatable bonds is 5. The third-order valence-corrected chi connectivity index (χ3v) is 6.30. The number of hydrogen-bond donors (Lipinski definition) is 2. The van der Waals surface area contributed by atoms with E-state index in [0.29, 0.717) is 29.4 Å². The molecular weight excluding hydrogens is 388 g/mol. The Hall–Kier alpha value is -3.38. The molecule has 2 heterocycles. The van der Waals surface area contributed by atoms with Gasteiger partial charge in [-0.2, -0.15) is 4.98 Å². The molecule has 2 aromatic heterocycles. The van der Waals surface area contributed by atoms with Crippen LogP contribution in [0.3, 0.4) is 0 Å². The summed E-state index contributed by atoms with van der Waals surface area (Å²) < 4.78 is 7.77. The van der Waals surface area contributed by atoms with Crippen molar-refractivity contribution in [3.05, 3.63) is 70.5 Å². The zero-order valence-corrected chi connectivity index (χ0v) is 17.8. The molecule has 6 nitrogen and oxygen atoms in total. The van der Waals surface area contributed by atoms with Crippen molar-refractivity contribution in [2.75, 3.05) is 11.9 Å². The number of furan rings is 1. The van der Waals surface area contributed by atoms with E-state index in [9.17, 15) is 4.79 Å². The van der Waals surface area contributed by atoms with Crippen LogP contribution in [0.15, 0.2) is 63.8 Å². The van der Waals surface area contributed by atoms with Crippen LogP contribution in [0.25, 0.3) is 33.6 Å². The van der Waals surface area contributed by atoms with Crippen LogP contribution < -0.4 is 16.6 Å². The average molecular weight is 415 g/mol. The van der Waals surface area contributed by atoms with Crippen LogP contribution in [0, 0.1) is 0 Å². The Balaban J connectivity index is 1.74. The van der Waals surface area contributed by atoms with E-state index < -0.39 is 0 Å². The first-order valence-electron chi connectivity index (χ1n) is 10.7. The topological polar surface area (TPSA) is 86.1 Å². The Bertz CT molecular complexity index is 1300. The molecular formula is C25H26N4O2. The summed E-state index contributed by atoms with van der Waals surface area (Å²) in [6.45, 7) is 2.63. The second-order valence-electron chi connectivity index (χ2n) is 8.27. The molecule has 6 heteroatoms. The molecule has 5 rings (SSSR count). The smallest absolute Gasteiger partial charge is 0.266 e. The summed E-state index contributed by atoms with van der Waals surface area (Å²) in [4.78, 5) is 17.9. The van der Waals surface area contributed by atoms with Gasteiger partial charge in [0.15, 0.2) is 0 Å². The average Bonchev–Trinajstić information content (AvgIpc) is 3.16. The number of benzene rings is 2. The number of nitrogens with two attached hydrogens (primary N) is 1. The molecule has 1 aliphatic carbocycles. The molecule has 0 amide bonds. The normalized spacial score (nSPS) is 15.1. The highest BCUT2D eigenvalue weighted by atomic mass is 16.3. The Labute approximate surface area is 180 Å². The number of hydrogen-bond acceptors (Lipinski definition) is 5. The predicted molar refractivity (Wildman–Crippen MR) is 124 cm³/mol. The van der Waals surface area contributed by atoms with Crippen LogP contribution in [-0.4, -0.2) is 16.1 Å². The molecule has 158 valence electrons. The number of anilines is 1. The highest BCUT2D eigenvalue weighted by molar-refractivity contribution is 6.00. The summed E-state index contributed by atoms with van der Waals surface area (Å²) >= 11 is 0. The van der Waals surface area contributed by atoms with Gasteiger partial charge in [0.05, 0.1) is 0 Å². The van der Waals surface area contributed by atoms with E-state index in [0.717, 1.165) is 35.1 Å². The summed E-state index contributed by atoms with van der Waals surface area (Å²) in [5.41, 5.74) is 10.2. The summed E-state index contributed by atoms with van der Waals surface area (Å²) in [7, 11) is 1.72. The number of nitrogens with one attached hydrogen (secondary N) is 1. The minimum absolute atomic E-state index is 0.137. The zero-order chi connectivity index (χ0) is 21.6. The first-order valence-corrected chi connectivity index (χ1v) is 10.7. The molecule has 0 atom stereocenters. The van der Waals surface area contributed by atoms with E-state index in [1.54, 1.807) is 7.05 Å². The summed E-state index contributed by atoms with van der Waals surface area (Å²) in [5.74, 6) is 1.14. The lowest BCUT2D eigenvalue weighted by atomic mass is 9.72. The second-order valence-corrected chi connectivity index (χ2v) is 8.27. The first kappa shape index (κ1) is 19.6. The Morgan fingerprint density at radius 2 is 1.81 bits per heavy atom. The molecule has 1 fully saturated rings. The van der Waals surface area contributed by atoms with Crippen molar-refractivity contribution in [3.8, 4) is 22.5 Å². The van der Waals surface area contributed by atoms with Crippen molar-refractivity contribution < 1.29 is 4.42 Å². The Morgan fingerprint density at radius 3 is 2.42 bits per heavy atom. The fourth-order valence-electron chi connectivity index (χ4n) is 4.33. The highest BCUT2D eigenvalue weighted by Crippen LogP contribution is 2.42. The van der Waals surface area contributed by atoms with Crippen LogP contribution >= 0.6 is 0 Å². The molecule has 0 saturated heterocycles. The van der Waals surface area contributed by atoms with Gasteiger partial charge in [0.25, 0.3) is 5.56 Å². The summed E-state index contributed by atoms with van der Waals surface area (Å²) in [6.07, 6.45) is 3.20. The van der Waals surface area contributed by atoms with Crippen LogP contribution in [0.1, 0.15) is 31.7 Å². The molecule has 2 aromatic carbocycles. The number of nitrogens with zero attached hydrogens (tertiary/aromatic N) is 2. The van der Waals surface area contributed by atoms with Crippen molar-refractivity contribution in [3.63, 3.8) is 0 Å². The van der Waals surface area contributed by atoms with E-state index in [1.807, 2.05) is 49.4 Å². The van der Waals surface area contributed by atoms with Gasteiger partial charge in [-0.1, -0.05) is 54.6 Å². The molecule has 0 unspecified atom stereocenters. The van der Waals surface area contributed by atoms with Crippen molar-refractivity contribution in [2.45, 2.75) is 31.7 Å². The van der Waals surface area contributed by atoms with Gasteiger partial charge in [0.1, 0.15) is 11.1 Å². The third kappa shape index (κ3) is 3.15. The van der Waals surface area contributed by atoms with E-state index in [-0.39, 0.29) is 11.1 Å². The fourth-order valence-corrected chi connectivity index (χ4v) is 4.33. The minimum Gasteiger partial charge on any atom is -0.437 e. The van der Waals surface area contributed by atoms with Gasteiger partial charge in [-0.05, 0) is 37.3 Å². The van der Waals surface area contributed by atoms with Gasteiger partial charge in [-0.25, -0.2) is 0 Å². The van der Waals surface area contributed by atoms with Crippen molar-refractivity contribution in [1.29, 1.82) is 0 Å². The van der Waals surface area contributed by atoms with Gasteiger partial charge in [-0.3, -0.25) is 9.36 Å². The van der Waals surface area contributed by atoms with Crippen LogP contribution in [0.2, 0.25) is 0 Å². The van der Waals surface area contributed by atoms with E-state index in [4.69, 9.17) is 10.2 Å². The third-order valence-electron chi connectivity index (χ3n) is 6.30. The van der Waals surface area contributed by atoms with Crippen LogP contribution in [0.5, 0.6) is 0 Å². The molecule has 0 spiro atoms. The standard InChI is InChI=1S/C25H26N4O2/c1-3-27-24-28-22-20(23(30)29(24)2)19(16-8-5-4-6-9-16)21(31-22)17-10-12-18(13-11-17)25(26)14-7-15-25/h4-6,8-13H,3,7,14-15,26H2,1-2H3,(H,27,28). The lowest BCUT2D eigenvalue weighted by Gasteiger charge is -2.38. The van der Waals surface area contributed by atoms with E-state index in [1.165, 1.54) is 11.0 Å². The van der Waals surface area contributed by atoms with Gasteiger partial charge >= 0.3 is 0 Å². The molecule has 3 N–H and O–H groups in total. The van der Waals surface area contributed by atoms with E-state index >= 15 is 0 Å². The fraction of sp³-hybridized carbons (Fsp3) is 0.280. The van der Waals surface area contributed by atoms with Gasteiger partial charge in [0, 0.05) is 30.3 Å². The van der Waals surface area contributed by atoms with Crippen LogP contribution in [-0.2, 0) is 12.6 Å². The Kier molecular flexibility index (Phi) is 4.67. The largest absolute Gasteiger partial charge is 0.437 e. The molecule has 0 radical (unpaired) electrons. The lowest BCUT2D eigenvalue weighted by molar-refractivity contribution is 0.253. The molecule has 0 bridgehead atoms. The van der Waals surface area contributed by atoms with Gasteiger partial charge < -0.3 is 15.5 Å². The summed E-state index contributed by atoms with van der Waals surface area (Å²) in [5, 5.41) is 3.62. The quantitative estimate of drug-likeness (QED) is 0.497. The lowest BCUT2D eigenvalue weighted by Crippen LogP contribution is -2.43. The Morgan fingerprint density at radius 1 is 1.10 bits per heavy atom. The maximum atomic E-state index is 13.3. The zero-order valence-electron chi connectivity index (χ0n) is 17.8. The van der Waals surface area contributed by atoms with Crippen molar-refractivity contribution in [1.82, 2.24) is 9.55 Å². The van der Waals surface area contributed by atoms with Gasteiger partial charge in [-0.15, -0.1) is 0 Å². The molecule has 4 aromatic rings. The SMILES string of the molecule is CCNc1nc2oc(-c3ccc(C4(N)CCC4)cc3)c(-c3ccccc3)c2c(=O)n1C.